The van der Waals surface area contributed by atoms with Crippen molar-refractivity contribution in [2.24, 2.45) is 0 Å². The number of rotatable bonds is 7. The maximum atomic E-state index is 15.4. The van der Waals surface area contributed by atoms with Gasteiger partial charge in [-0.15, -0.1) is 4.72 Å². The van der Waals surface area contributed by atoms with Crippen LogP contribution in [-0.4, -0.2) is 21.9 Å². The van der Waals surface area contributed by atoms with Crippen LogP contribution in [0.4, 0.5) is 17.6 Å². The number of carbonyl (C=O) groups excluding carboxylic acids is 1. The molecule has 2 rings (SSSR count). The summed E-state index contributed by atoms with van der Waals surface area (Å²) in [5.41, 5.74) is 1.28. The van der Waals surface area contributed by atoms with Crippen LogP contribution in [0.5, 0.6) is 0 Å². The van der Waals surface area contributed by atoms with Crippen molar-refractivity contribution in [2.45, 2.75) is 71.9 Å². The van der Waals surface area contributed by atoms with E-state index in [1.807, 2.05) is 19.1 Å². The normalized spacial score (nSPS) is 14.1. The molecular formula is C25H31F4NO3S. The number of ether oxygens (including phenoxy) is 1. The van der Waals surface area contributed by atoms with E-state index in [0.29, 0.717) is 5.56 Å². The van der Waals surface area contributed by atoms with Gasteiger partial charge in [-0.05, 0) is 82.9 Å². The Hall–Kier alpha value is -2.10. The van der Waals surface area contributed by atoms with Crippen LogP contribution in [0.25, 0.3) is 11.1 Å². The average Bonchev–Trinajstić information content (AvgIpc) is 2.66. The van der Waals surface area contributed by atoms with Gasteiger partial charge in [0, 0.05) is 16.9 Å². The fraction of sp³-hybridized carbons (Fsp3) is 0.480. The monoisotopic (exact) mass is 501 g/mol. The first kappa shape index (κ1) is 28.1. The lowest BCUT2D eigenvalue weighted by atomic mass is 9.89. The van der Waals surface area contributed by atoms with Gasteiger partial charge in [0.2, 0.25) is 0 Å². The first-order valence-corrected chi connectivity index (χ1v) is 12.0. The number of hydrogen-bond acceptors (Lipinski definition) is 4. The van der Waals surface area contributed by atoms with Gasteiger partial charge in [0.05, 0.1) is 24.6 Å². The molecule has 34 heavy (non-hydrogen) atoms. The van der Waals surface area contributed by atoms with Crippen LogP contribution >= 0.6 is 0 Å². The van der Waals surface area contributed by atoms with Gasteiger partial charge in [0.1, 0.15) is 10.6 Å². The molecular weight excluding hydrogens is 470 g/mol. The molecule has 188 valence electrons. The minimum Gasteiger partial charge on any atom is -0.598 e. The molecule has 0 heterocycles. The molecule has 0 fully saturated rings. The van der Waals surface area contributed by atoms with Gasteiger partial charge >= 0.3 is 12.1 Å². The zero-order valence-electron chi connectivity index (χ0n) is 20.4. The summed E-state index contributed by atoms with van der Waals surface area (Å²) in [4.78, 5) is 12.2. The molecule has 2 aromatic rings. The Balaban J connectivity index is 2.79. The summed E-state index contributed by atoms with van der Waals surface area (Å²) < 4.78 is 76.6. The Kier molecular flexibility index (Phi) is 8.82. The summed E-state index contributed by atoms with van der Waals surface area (Å²) in [6, 6.07) is 4.45. The first-order chi connectivity index (χ1) is 15.6. The van der Waals surface area contributed by atoms with Gasteiger partial charge in [-0.1, -0.05) is 17.7 Å². The number of carbonyl (C=O) groups is 1. The van der Waals surface area contributed by atoms with E-state index in [1.165, 1.54) is 6.07 Å². The maximum absolute atomic E-state index is 15.4. The van der Waals surface area contributed by atoms with Crippen LogP contribution in [0.15, 0.2) is 24.3 Å². The van der Waals surface area contributed by atoms with Crippen molar-refractivity contribution in [2.75, 3.05) is 6.61 Å². The number of halogens is 4. The van der Waals surface area contributed by atoms with Crippen molar-refractivity contribution in [3.05, 3.63) is 57.9 Å². The Morgan fingerprint density at radius 2 is 1.65 bits per heavy atom. The quantitative estimate of drug-likeness (QED) is 0.268. The van der Waals surface area contributed by atoms with Crippen molar-refractivity contribution in [3.8, 4) is 11.1 Å². The lowest BCUT2D eigenvalue weighted by Crippen LogP contribution is -2.42. The molecule has 0 amide bonds. The van der Waals surface area contributed by atoms with Crippen LogP contribution in [0, 0.1) is 26.6 Å². The lowest BCUT2D eigenvalue weighted by Gasteiger charge is -2.29. The summed E-state index contributed by atoms with van der Waals surface area (Å²) in [5, 5.41) is 0. The van der Waals surface area contributed by atoms with Crippen molar-refractivity contribution in [3.63, 3.8) is 0 Å². The SMILES string of the molecule is CCOC(=O)CC(N[S@+]([O-])C(C)(C)C)c1cc(-c2c(C)cc(C)cc2C)cc(C(F)(F)F)c1F. The molecule has 4 nitrogen and oxygen atoms in total. The van der Waals surface area contributed by atoms with Gasteiger partial charge in [-0.25, -0.2) is 4.39 Å². The zero-order chi connectivity index (χ0) is 26.0. The number of nitrogens with one attached hydrogen (secondary N) is 1. The maximum Gasteiger partial charge on any atom is 0.419 e. The molecule has 0 radical (unpaired) electrons. The van der Waals surface area contributed by atoms with Gasteiger partial charge in [-0.2, -0.15) is 13.2 Å². The predicted molar refractivity (Wildman–Crippen MR) is 126 cm³/mol. The third kappa shape index (κ3) is 6.73. The average molecular weight is 502 g/mol. The van der Waals surface area contributed by atoms with Crippen molar-refractivity contribution >= 4 is 17.3 Å². The van der Waals surface area contributed by atoms with E-state index < -0.39 is 57.7 Å². The highest BCUT2D eigenvalue weighted by atomic mass is 32.2. The van der Waals surface area contributed by atoms with Crippen LogP contribution in [0.3, 0.4) is 0 Å². The summed E-state index contributed by atoms with van der Waals surface area (Å²) in [6.45, 7) is 12.0. The molecule has 1 unspecified atom stereocenters. The van der Waals surface area contributed by atoms with Gasteiger partial charge in [0.15, 0.2) is 0 Å². The van der Waals surface area contributed by atoms with E-state index in [1.54, 1.807) is 41.5 Å². The van der Waals surface area contributed by atoms with Gasteiger partial charge in [0.25, 0.3) is 0 Å². The van der Waals surface area contributed by atoms with Crippen LogP contribution < -0.4 is 4.72 Å². The highest BCUT2D eigenvalue weighted by Gasteiger charge is 2.39. The highest BCUT2D eigenvalue weighted by molar-refractivity contribution is 7.90. The van der Waals surface area contributed by atoms with E-state index in [2.05, 4.69) is 4.72 Å². The van der Waals surface area contributed by atoms with Crippen molar-refractivity contribution in [1.29, 1.82) is 0 Å². The third-order valence-corrected chi connectivity index (χ3v) is 6.84. The second-order valence-electron chi connectivity index (χ2n) is 9.26. The molecule has 2 atom stereocenters. The lowest BCUT2D eigenvalue weighted by molar-refractivity contribution is -0.143. The molecule has 0 aliphatic rings. The summed E-state index contributed by atoms with van der Waals surface area (Å²) in [5.74, 6) is -2.25. The topological polar surface area (TPSA) is 61.4 Å². The summed E-state index contributed by atoms with van der Waals surface area (Å²) in [7, 11) is 0. The first-order valence-electron chi connectivity index (χ1n) is 10.9. The molecule has 9 heteroatoms. The number of alkyl halides is 3. The van der Waals surface area contributed by atoms with E-state index in [-0.39, 0.29) is 12.2 Å². The van der Waals surface area contributed by atoms with Gasteiger partial charge < -0.3 is 9.29 Å². The van der Waals surface area contributed by atoms with Crippen molar-refractivity contribution < 1.29 is 31.6 Å². The van der Waals surface area contributed by atoms with Gasteiger partial charge in [-0.3, -0.25) is 4.79 Å². The minimum atomic E-state index is -4.97. The fourth-order valence-corrected chi connectivity index (χ4v) is 4.62. The van der Waals surface area contributed by atoms with Crippen LogP contribution in [0.2, 0.25) is 0 Å². The van der Waals surface area contributed by atoms with Crippen molar-refractivity contribution in [1.82, 2.24) is 4.72 Å². The fourth-order valence-electron chi connectivity index (χ4n) is 3.79. The second-order valence-corrected chi connectivity index (χ2v) is 11.3. The number of hydrogen-bond donors (Lipinski definition) is 1. The Bertz CT molecular complexity index is 1020. The summed E-state index contributed by atoms with van der Waals surface area (Å²) >= 11 is -1.79. The zero-order valence-corrected chi connectivity index (χ0v) is 21.3. The number of aryl methyl sites for hydroxylation is 3. The molecule has 1 N–H and O–H groups in total. The Morgan fingerprint density at radius 3 is 2.12 bits per heavy atom. The Labute approximate surface area is 201 Å². The molecule has 0 spiro atoms. The molecule has 0 aromatic heterocycles. The number of benzene rings is 2. The van der Waals surface area contributed by atoms with E-state index in [9.17, 15) is 22.5 Å². The van der Waals surface area contributed by atoms with E-state index in [4.69, 9.17) is 4.74 Å². The van der Waals surface area contributed by atoms with Crippen LogP contribution in [0.1, 0.15) is 68.0 Å². The minimum absolute atomic E-state index is 0.0476. The van der Waals surface area contributed by atoms with E-state index >= 15 is 4.39 Å². The molecule has 0 bridgehead atoms. The second kappa shape index (κ2) is 10.7. The summed E-state index contributed by atoms with van der Waals surface area (Å²) in [6.07, 6.45) is -5.46. The predicted octanol–water partition coefficient (Wildman–Crippen LogP) is 6.48. The largest absolute Gasteiger partial charge is 0.598 e. The molecule has 2 aromatic carbocycles. The standard InChI is InChI=1S/C25H31F4NO3S/c1-8-33-21(31)13-20(30-34(32)24(5,6)7)18-11-17(12-19(23(18)26)25(27,28)29)22-15(3)9-14(2)10-16(22)4/h9-12,20,30H,8,13H2,1-7H3/t20?,34-/m1/s1. The highest BCUT2D eigenvalue weighted by Crippen LogP contribution is 2.40. The molecule has 0 aliphatic heterocycles. The van der Waals surface area contributed by atoms with Crippen LogP contribution in [-0.2, 0) is 27.1 Å². The number of esters is 1. The molecule has 0 saturated heterocycles. The molecule has 0 aliphatic carbocycles. The third-order valence-electron chi connectivity index (χ3n) is 5.23. The molecule has 0 saturated carbocycles. The van der Waals surface area contributed by atoms with E-state index in [0.717, 1.165) is 22.8 Å². The smallest absolute Gasteiger partial charge is 0.419 e. The Morgan fingerprint density at radius 1 is 1.09 bits per heavy atom.